The number of halogens is 4. The minimum atomic E-state index is -4.58. The molecular weight excluding hydrogens is 353 g/mol. The largest absolute Gasteiger partial charge is 0.451 e. The molecule has 0 atom stereocenters. The number of nitrogens with one attached hydrogen (secondary N) is 1. The summed E-state index contributed by atoms with van der Waals surface area (Å²) in [6.07, 6.45) is -4.58. The average molecular weight is 365 g/mol. The van der Waals surface area contributed by atoms with E-state index in [0.29, 0.717) is 5.02 Å². The normalized spacial score (nSPS) is 11.5. The molecule has 0 aliphatic carbocycles. The number of aromatic nitrogens is 3. The van der Waals surface area contributed by atoms with Crippen LogP contribution in [-0.2, 0) is 24.6 Å². The Bertz CT molecular complexity index is 705. The van der Waals surface area contributed by atoms with Crippen LogP contribution in [0.5, 0.6) is 0 Å². The van der Waals surface area contributed by atoms with Gasteiger partial charge < -0.3 is 9.88 Å². The molecule has 1 aromatic carbocycles. The number of nitrogens with zero attached hydrogens (tertiary/aromatic N) is 3. The molecule has 0 saturated carbocycles. The SMILES string of the molecule is Cn1c(SCC(=O)NCc2ccccc2Cl)nnc1C(F)(F)F. The third kappa shape index (κ3) is 4.61. The Morgan fingerprint density at radius 2 is 2.04 bits per heavy atom. The van der Waals surface area contributed by atoms with Crippen molar-refractivity contribution in [3.05, 3.63) is 40.7 Å². The lowest BCUT2D eigenvalue weighted by Gasteiger charge is -2.07. The van der Waals surface area contributed by atoms with Crippen LogP contribution in [0.2, 0.25) is 5.02 Å². The molecule has 5 nitrogen and oxygen atoms in total. The molecule has 1 N–H and O–H groups in total. The highest BCUT2D eigenvalue weighted by Crippen LogP contribution is 2.29. The molecule has 1 amide bonds. The summed E-state index contributed by atoms with van der Waals surface area (Å²) in [5.41, 5.74) is 0.755. The smallest absolute Gasteiger partial charge is 0.351 e. The van der Waals surface area contributed by atoms with Crippen LogP contribution in [0.4, 0.5) is 13.2 Å². The number of alkyl halides is 3. The summed E-state index contributed by atoms with van der Waals surface area (Å²) in [5.74, 6) is -1.52. The Morgan fingerprint density at radius 1 is 1.35 bits per heavy atom. The summed E-state index contributed by atoms with van der Waals surface area (Å²) in [6.45, 7) is 0.242. The lowest BCUT2D eigenvalue weighted by Crippen LogP contribution is -2.24. The van der Waals surface area contributed by atoms with Gasteiger partial charge in [-0.05, 0) is 11.6 Å². The third-order valence-electron chi connectivity index (χ3n) is 2.85. The lowest BCUT2D eigenvalue weighted by atomic mass is 10.2. The number of carbonyl (C=O) groups is 1. The van der Waals surface area contributed by atoms with Gasteiger partial charge in [-0.15, -0.1) is 10.2 Å². The van der Waals surface area contributed by atoms with Crippen molar-refractivity contribution < 1.29 is 18.0 Å². The number of carbonyl (C=O) groups excluding carboxylic acids is 1. The van der Waals surface area contributed by atoms with E-state index in [1.165, 1.54) is 7.05 Å². The summed E-state index contributed by atoms with van der Waals surface area (Å²) in [6, 6.07) is 7.04. The van der Waals surface area contributed by atoms with Gasteiger partial charge in [-0.2, -0.15) is 13.2 Å². The third-order valence-corrected chi connectivity index (χ3v) is 4.24. The van der Waals surface area contributed by atoms with E-state index in [1.807, 2.05) is 0 Å². The highest BCUT2D eigenvalue weighted by molar-refractivity contribution is 7.99. The van der Waals surface area contributed by atoms with Crippen LogP contribution >= 0.6 is 23.4 Å². The quantitative estimate of drug-likeness (QED) is 0.829. The predicted molar refractivity (Wildman–Crippen MR) is 80.0 cm³/mol. The molecule has 0 radical (unpaired) electrons. The maximum atomic E-state index is 12.6. The second kappa shape index (κ2) is 7.22. The van der Waals surface area contributed by atoms with Crippen molar-refractivity contribution in [2.45, 2.75) is 17.9 Å². The zero-order valence-electron chi connectivity index (χ0n) is 11.9. The van der Waals surface area contributed by atoms with Crippen molar-refractivity contribution in [3.8, 4) is 0 Å². The monoisotopic (exact) mass is 364 g/mol. The van der Waals surface area contributed by atoms with E-state index in [0.717, 1.165) is 21.9 Å². The van der Waals surface area contributed by atoms with E-state index in [1.54, 1.807) is 24.3 Å². The van der Waals surface area contributed by atoms with Crippen molar-refractivity contribution in [1.82, 2.24) is 20.1 Å². The molecular formula is C13H12ClF3N4OS. The van der Waals surface area contributed by atoms with E-state index in [4.69, 9.17) is 11.6 Å². The second-order valence-corrected chi connectivity index (χ2v) is 5.87. The lowest BCUT2D eigenvalue weighted by molar-refractivity contribution is -0.147. The zero-order valence-corrected chi connectivity index (χ0v) is 13.5. The van der Waals surface area contributed by atoms with Crippen molar-refractivity contribution >= 4 is 29.3 Å². The zero-order chi connectivity index (χ0) is 17.0. The first-order valence-electron chi connectivity index (χ1n) is 6.38. The number of rotatable bonds is 5. The average Bonchev–Trinajstić information content (AvgIpc) is 2.85. The van der Waals surface area contributed by atoms with Gasteiger partial charge in [0.2, 0.25) is 11.7 Å². The van der Waals surface area contributed by atoms with Gasteiger partial charge in [0, 0.05) is 18.6 Å². The molecule has 1 aromatic heterocycles. The molecule has 0 aliphatic rings. The molecule has 1 heterocycles. The number of hydrogen-bond donors (Lipinski definition) is 1. The van der Waals surface area contributed by atoms with Crippen LogP contribution in [0.25, 0.3) is 0 Å². The van der Waals surface area contributed by atoms with Crippen LogP contribution in [0.1, 0.15) is 11.4 Å². The molecule has 124 valence electrons. The van der Waals surface area contributed by atoms with Gasteiger partial charge in [0.1, 0.15) is 0 Å². The van der Waals surface area contributed by atoms with Gasteiger partial charge in [0.25, 0.3) is 0 Å². The summed E-state index contributed by atoms with van der Waals surface area (Å²) >= 11 is 6.84. The van der Waals surface area contributed by atoms with Gasteiger partial charge in [-0.25, -0.2) is 0 Å². The molecule has 2 rings (SSSR count). The van der Waals surface area contributed by atoms with Gasteiger partial charge in [-0.1, -0.05) is 41.6 Å². The van der Waals surface area contributed by atoms with Gasteiger partial charge in [0.15, 0.2) is 5.16 Å². The van der Waals surface area contributed by atoms with Crippen LogP contribution in [0.3, 0.4) is 0 Å². The fraction of sp³-hybridized carbons (Fsp3) is 0.308. The second-order valence-electron chi connectivity index (χ2n) is 4.52. The topological polar surface area (TPSA) is 59.8 Å². The standard InChI is InChI=1S/C13H12ClF3N4OS/c1-21-11(13(15,16)17)19-20-12(21)23-7-10(22)18-6-8-4-2-3-5-9(8)14/h2-5H,6-7H2,1H3,(H,18,22). The predicted octanol–water partition coefficient (Wildman–Crippen LogP) is 2.90. The maximum absolute atomic E-state index is 12.6. The molecule has 0 aliphatic heterocycles. The van der Waals surface area contributed by atoms with Crippen molar-refractivity contribution in [2.24, 2.45) is 7.05 Å². The first-order chi connectivity index (χ1) is 10.8. The molecule has 10 heteroatoms. The van der Waals surface area contributed by atoms with Crippen molar-refractivity contribution in [2.75, 3.05) is 5.75 Å². The van der Waals surface area contributed by atoms with E-state index >= 15 is 0 Å². The Balaban J connectivity index is 1.88. The first-order valence-corrected chi connectivity index (χ1v) is 7.75. The number of hydrogen-bond acceptors (Lipinski definition) is 4. The Labute approximate surface area is 139 Å². The fourth-order valence-electron chi connectivity index (χ4n) is 1.70. The number of benzene rings is 1. The van der Waals surface area contributed by atoms with Crippen molar-refractivity contribution in [1.29, 1.82) is 0 Å². The number of amides is 1. The molecule has 0 unspecified atom stereocenters. The summed E-state index contributed by atoms with van der Waals surface area (Å²) < 4.78 is 38.6. The first kappa shape index (κ1) is 17.6. The Kier molecular flexibility index (Phi) is 5.53. The van der Waals surface area contributed by atoms with Gasteiger partial charge in [-0.3, -0.25) is 4.79 Å². The van der Waals surface area contributed by atoms with Crippen LogP contribution in [-0.4, -0.2) is 26.4 Å². The molecule has 0 spiro atoms. The number of thioether (sulfide) groups is 1. The fourth-order valence-corrected chi connectivity index (χ4v) is 2.65. The molecule has 0 saturated heterocycles. The summed E-state index contributed by atoms with van der Waals surface area (Å²) in [7, 11) is 1.20. The molecule has 2 aromatic rings. The van der Waals surface area contributed by atoms with Gasteiger partial charge >= 0.3 is 6.18 Å². The molecule has 0 bridgehead atoms. The summed E-state index contributed by atoms with van der Waals surface area (Å²) in [4.78, 5) is 11.8. The molecule has 23 heavy (non-hydrogen) atoms. The highest BCUT2D eigenvalue weighted by atomic mass is 35.5. The van der Waals surface area contributed by atoms with Crippen molar-refractivity contribution in [3.63, 3.8) is 0 Å². The highest BCUT2D eigenvalue weighted by Gasteiger charge is 2.37. The maximum Gasteiger partial charge on any atom is 0.451 e. The Hall–Kier alpha value is -1.74. The minimum absolute atomic E-state index is 0.0187. The van der Waals surface area contributed by atoms with Crippen LogP contribution in [0.15, 0.2) is 29.4 Å². The van der Waals surface area contributed by atoms with E-state index < -0.39 is 12.0 Å². The van der Waals surface area contributed by atoms with E-state index in [9.17, 15) is 18.0 Å². The van der Waals surface area contributed by atoms with E-state index in [-0.39, 0.29) is 23.4 Å². The van der Waals surface area contributed by atoms with Crippen LogP contribution < -0.4 is 5.32 Å². The summed E-state index contributed by atoms with van der Waals surface area (Å²) in [5, 5.41) is 9.72. The van der Waals surface area contributed by atoms with E-state index in [2.05, 4.69) is 15.5 Å². The molecule has 0 fully saturated rings. The Morgan fingerprint density at radius 3 is 2.65 bits per heavy atom. The van der Waals surface area contributed by atoms with Crippen LogP contribution in [0, 0.1) is 0 Å². The minimum Gasteiger partial charge on any atom is -0.351 e. The van der Waals surface area contributed by atoms with Gasteiger partial charge in [0.05, 0.1) is 5.75 Å².